The smallest absolute Gasteiger partial charge is 0.238 e. The van der Waals surface area contributed by atoms with E-state index in [1.54, 1.807) is 12.1 Å². The van der Waals surface area contributed by atoms with Crippen LogP contribution in [-0.2, 0) is 10.0 Å². The van der Waals surface area contributed by atoms with Gasteiger partial charge in [0, 0.05) is 0 Å². The molecule has 1 heterocycles. The second-order valence-corrected chi connectivity index (χ2v) is 5.94. The summed E-state index contributed by atoms with van der Waals surface area (Å²) in [6.45, 7) is 1.85. The van der Waals surface area contributed by atoms with Crippen molar-refractivity contribution in [1.82, 2.24) is 9.97 Å². The zero-order chi connectivity index (χ0) is 15.5. The lowest BCUT2D eigenvalue weighted by Gasteiger charge is -2.15. The van der Waals surface area contributed by atoms with E-state index in [-0.39, 0.29) is 16.6 Å². The van der Waals surface area contributed by atoms with E-state index < -0.39 is 10.0 Å². The number of anilines is 1. The van der Waals surface area contributed by atoms with Crippen molar-refractivity contribution in [1.29, 1.82) is 5.26 Å². The van der Waals surface area contributed by atoms with Crippen LogP contribution in [0.2, 0.25) is 0 Å². The molecule has 2 rings (SSSR count). The van der Waals surface area contributed by atoms with Gasteiger partial charge in [-0.1, -0.05) is 12.1 Å². The van der Waals surface area contributed by atoms with Gasteiger partial charge in [-0.15, -0.1) is 0 Å². The van der Waals surface area contributed by atoms with Gasteiger partial charge in [0.1, 0.15) is 11.9 Å². The number of hydrogen-bond acceptors (Lipinski definition) is 6. The van der Waals surface area contributed by atoms with E-state index in [0.717, 1.165) is 5.56 Å². The fourth-order valence-electron chi connectivity index (χ4n) is 1.73. The molecule has 0 amide bonds. The number of benzene rings is 1. The molecule has 3 N–H and O–H groups in total. The summed E-state index contributed by atoms with van der Waals surface area (Å²) in [5.74, 6) is 0.488. The van der Waals surface area contributed by atoms with Crippen molar-refractivity contribution in [3.05, 3.63) is 47.9 Å². The molecule has 1 aromatic carbocycles. The molecule has 0 aliphatic carbocycles. The number of nitrogens with zero attached hydrogens (tertiary/aromatic N) is 3. The molecule has 2 aromatic rings. The third-order valence-corrected chi connectivity index (χ3v) is 3.73. The van der Waals surface area contributed by atoms with E-state index in [1.807, 2.05) is 13.0 Å². The third-order valence-electron chi connectivity index (χ3n) is 2.82. The largest absolute Gasteiger partial charge is 0.362 e. The number of sulfonamides is 1. The first-order chi connectivity index (χ1) is 9.90. The molecular weight excluding hydrogens is 290 g/mol. The predicted molar refractivity (Wildman–Crippen MR) is 76.6 cm³/mol. The van der Waals surface area contributed by atoms with Crippen LogP contribution in [0.4, 0.5) is 5.82 Å². The van der Waals surface area contributed by atoms with E-state index >= 15 is 0 Å². The van der Waals surface area contributed by atoms with E-state index in [9.17, 15) is 8.42 Å². The molecular formula is C13H13N5O2S. The van der Waals surface area contributed by atoms with Crippen molar-refractivity contribution in [3.63, 3.8) is 0 Å². The lowest BCUT2D eigenvalue weighted by molar-refractivity contribution is 0.597. The summed E-state index contributed by atoms with van der Waals surface area (Å²) in [6.07, 6.45) is 2.80. The van der Waals surface area contributed by atoms with Crippen LogP contribution in [-0.4, -0.2) is 18.4 Å². The van der Waals surface area contributed by atoms with Gasteiger partial charge in [-0.3, -0.25) is 0 Å². The van der Waals surface area contributed by atoms with E-state index in [1.165, 1.54) is 24.5 Å². The van der Waals surface area contributed by atoms with Crippen LogP contribution >= 0.6 is 0 Å². The molecule has 21 heavy (non-hydrogen) atoms. The first-order valence-electron chi connectivity index (χ1n) is 6.01. The molecule has 7 nitrogen and oxygen atoms in total. The molecule has 1 atom stereocenters. The summed E-state index contributed by atoms with van der Waals surface area (Å²) >= 11 is 0. The Hall–Kier alpha value is -2.50. The first kappa shape index (κ1) is 14.9. The van der Waals surface area contributed by atoms with E-state index in [2.05, 4.69) is 15.3 Å². The minimum Gasteiger partial charge on any atom is -0.362 e. The Balaban J connectivity index is 2.20. The van der Waals surface area contributed by atoms with Crippen molar-refractivity contribution in [3.8, 4) is 6.07 Å². The molecule has 0 aliphatic heterocycles. The normalized spacial score (nSPS) is 12.4. The standard InChI is InChI=1S/C13H13N5O2S/c1-9(18-13-8-16-11(6-14)7-17-13)10-3-2-4-12(5-10)21(15,19)20/h2-5,7-9H,1H3,(H,17,18)(H2,15,19,20). The molecule has 0 fully saturated rings. The maximum atomic E-state index is 11.3. The fraction of sp³-hybridized carbons (Fsp3) is 0.154. The highest BCUT2D eigenvalue weighted by atomic mass is 32.2. The van der Waals surface area contributed by atoms with Crippen molar-refractivity contribution < 1.29 is 8.42 Å². The zero-order valence-corrected chi connectivity index (χ0v) is 12.0. The van der Waals surface area contributed by atoms with Crippen molar-refractivity contribution >= 4 is 15.8 Å². The van der Waals surface area contributed by atoms with Gasteiger partial charge in [0.2, 0.25) is 10.0 Å². The Bertz CT molecular complexity index is 781. The number of hydrogen-bond donors (Lipinski definition) is 2. The van der Waals surface area contributed by atoms with Gasteiger partial charge in [0.15, 0.2) is 5.69 Å². The summed E-state index contributed by atoms with van der Waals surface area (Å²) in [5, 5.41) is 16.8. The van der Waals surface area contributed by atoms with Crippen LogP contribution < -0.4 is 10.5 Å². The Morgan fingerprint density at radius 2 is 2.10 bits per heavy atom. The summed E-state index contributed by atoms with van der Waals surface area (Å²) in [6, 6.07) is 8.03. The average Bonchev–Trinajstić information content (AvgIpc) is 2.47. The highest BCUT2D eigenvalue weighted by molar-refractivity contribution is 7.89. The number of nitrogens with one attached hydrogen (secondary N) is 1. The van der Waals surface area contributed by atoms with E-state index in [0.29, 0.717) is 5.82 Å². The minimum atomic E-state index is -3.73. The van der Waals surface area contributed by atoms with Gasteiger partial charge in [-0.2, -0.15) is 5.26 Å². The molecule has 0 saturated heterocycles. The van der Waals surface area contributed by atoms with Crippen LogP contribution in [0.3, 0.4) is 0 Å². The molecule has 1 aromatic heterocycles. The molecule has 0 aliphatic rings. The topological polar surface area (TPSA) is 122 Å². The number of aromatic nitrogens is 2. The summed E-state index contributed by atoms with van der Waals surface area (Å²) in [5.41, 5.74) is 0.970. The van der Waals surface area contributed by atoms with Gasteiger partial charge >= 0.3 is 0 Å². The Labute approximate surface area is 122 Å². The maximum Gasteiger partial charge on any atom is 0.238 e. The molecule has 0 bridgehead atoms. The highest BCUT2D eigenvalue weighted by Gasteiger charge is 2.12. The Kier molecular flexibility index (Phi) is 4.16. The zero-order valence-electron chi connectivity index (χ0n) is 11.2. The maximum absolute atomic E-state index is 11.3. The van der Waals surface area contributed by atoms with E-state index in [4.69, 9.17) is 10.4 Å². The SMILES string of the molecule is CC(Nc1cnc(C#N)cn1)c1cccc(S(N)(=O)=O)c1. The summed E-state index contributed by atoms with van der Waals surface area (Å²) < 4.78 is 22.7. The van der Waals surface area contributed by atoms with Crippen LogP contribution in [0.1, 0.15) is 24.2 Å². The van der Waals surface area contributed by atoms with Gasteiger partial charge in [0.25, 0.3) is 0 Å². The quantitative estimate of drug-likeness (QED) is 0.874. The number of nitrogens with two attached hydrogens (primary N) is 1. The van der Waals surface area contributed by atoms with Crippen LogP contribution in [0.5, 0.6) is 0 Å². The monoisotopic (exact) mass is 303 g/mol. The number of rotatable bonds is 4. The highest BCUT2D eigenvalue weighted by Crippen LogP contribution is 2.20. The molecule has 8 heteroatoms. The number of primary sulfonamides is 1. The van der Waals surface area contributed by atoms with Gasteiger partial charge < -0.3 is 5.32 Å². The lowest BCUT2D eigenvalue weighted by atomic mass is 10.1. The first-order valence-corrected chi connectivity index (χ1v) is 7.56. The Morgan fingerprint density at radius 3 is 2.67 bits per heavy atom. The summed E-state index contributed by atoms with van der Waals surface area (Å²) in [4.78, 5) is 8.00. The average molecular weight is 303 g/mol. The van der Waals surface area contributed by atoms with Gasteiger partial charge in [-0.25, -0.2) is 23.5 Å². The number of nitriles is 1. The minimum absolute atomic E-state index is 0.0552. The lowest BCUT2D eigenvalue weighted by Crippen LogP contribution is -2.14. The predicted octanol–water partition coefficient (Wildman–Crippen LogP) is 1.17. The molecule has 1 unspecified atom stereocenters. The second-order valence-electron chi connectivity index (χ2n) is 4.38. The molecule has 0 radical (unpaired) electrons. The Morgan fingerprint density at radius 1 is 1.33 bits per heavy atom. The molecule has 0 spiro atoms. The van der Waals surface area contributed by atoms with Crippen LogP contribution in [0.15, 0.2) is 41.6 Å². The third kappa shape index (κ3) is 3.75. The second kappa shape index (κ2) is 5.87. The van der Waals surface area contributed by atoms with Crippen molar-refractivity contribution in [2.24, 2.45) is 5.14 Å². The summed E-state index contributed by atoms with van der Waals surface area (Å²) in [7, 11) is -3.73. The molecule has 108 valence electrons. The van der Waals surface area contributed by atoms with Crippen LogP contribution in [0.25, 0.3) is 0 Å². The van der Waals surface area contributed by atoms with Crippen LogP contribution in [0, 0.1) is 11.3 Å². The van der Waals surface area contributed by atoms with Gasteiger partial charge in [-0.05, 0) is 24.6 Å². The van der Waals surface area contributed by atoms with Gasteiger partial charge in [0.05, 0.1) is 23.3 Å². The van der Waals surface area contributed by atoms with Crippen molar-refractivity contribution in [2.45, 2.75) is 17.9 Å². The van der Waals surface area contributed by atoms with Crippen molar-refractivity contribution in [2.75, 3.05) is 5.32 Å². The fourth-order valence-corrected chi connectivity index (χ4v) is 2.29. The molecule has 0 saturated carbocycles.